The summed E-state index contributed by atoms with van der Waals surface area (Å²) in [5, 5.41) is 23.6. The standard InChI is InChI=1S/C15H22N5O7P.Na/c1-8(2)3-4-16-13-10-14(18-6-17-13)20(7-19-10)15-12(22)11(21)9(27-15)5-26-28(23,24)25;/h3,6-7,9,11-12,15,21-22H,4-5H2,1-2H3,(H,16,17,18)(H2,23,24,25);/t9-,11-,12-,15-;/m1./s1. The largest absolute Gasteiger partial charge is 0.469 e. The Labute approximate surface area is 188 Å². The Balaban J connectivity index is 0.00000300. The molecule has 0 unspecified atom stereocenters. The molecule has 1 radical (unpaired) electrons. The van der Waals surface area contributed by atoms with Crippen LogP contribution in [0.1, 0.15) is 20.1 Å². The first kappa shape index (κ1) is 24.4. The van der Waals surface area contributed by atoms with Gasteiger partial charge < -0.3 is 30.1 Å². The first-order valence-electron chi connectivity index (χ1n) is 8.44. The van der Waals surface area contributed by atoms with Gasteiger partial charge >= 0.3 is 7.82 Å². The van der Waals surface area contributed by atoms with Crippen LogP contribution >= 0.6 is 7.82 Å². The number of hydrogen-bond acceptors (Lipinski definition) is 9. The molecule has 0 aliphatic carbocycles. The number of allylic oxidation sites excluding steroid dienone is 1. The first-order chi connectivity index (χ1) is 13.2. The van der Waals surface area contributed by atoms with Crippen molar-refractivity contribution in [3.8, 4) is 0 Å². The van der Waals surface area contributed by atoms with Gasteiger partial charge in [-0.25, -0.2) is 19.5 Å². The molecule has 12 nitrogen and oxygen atoms in total. The van der Waals surface area contributed by atoms with E-state index in [1.54, 1.807) is 0 Å². The summed E-state index contributed by atoms with van der Waals surface area (Å²) in [6.07, 6.45) is -0.286. The smallest absolute Gasteiger partial charge is 0.387 e. The van der Waals surface area contributed by atoms with Gasteiger partial charge in [0.05, 0.1) is 12.9 Å². The van der Waals surface area contributed by atoms with Gasteiger partial charge in [-0.15, -0.1) is 0 Å². The quantitative estimate of drug-likeness (QED) is 0.215. The van der Waals surface area contributed by atoms with E-state index >= 15 is 0 Å². The molecule has 0 amide bonds. The van der Waals surface area contributed by atoms with Crippen molar-refractivity contribution in [3.05, 3.63) is 24.3 Å². The summed E-state index contributed by atoms with van der Waals surface area (Å²) in [6.45, 7) is 3.91. The van der Waals surface area contributed by atoms with Crippen LogP contribution in [0, 0.1) is 0 Å². The van der Waals surface area contributed by atoms with E-state index in [0.717, 1.165) is 5.57 Å². The Morgan fingerprint density at radius 3 is 2.69 bits per heavy atom. The van der Waals surface area contributed by atoms with Crippen molar-refractivity contribution in [2.24, 2.45) is 0 Å². The van der Waals surface area contributed by atoms with Crippen LogP contribution in [-0.2, 0) is 13.8 Å². The number of phosphoric acid groups is 1. The number of aliphatic hydroxyl groups excluding tert-OH is 2. The zero-order chi connectivity index (χ0) is 20.5. The zero-order valence-corrected chi connectivity index (χ0v) is 19.1. The molecule has 0 bridgehead atoms. The van der Waals surface area contributed by atoms with Gasteiger partial charge in [0.15, 0.2) is 23.2 Å². The van der Waals surface area contributed by atoms with Gasteiger partial charge in [0.2, 0.25) is 0 Å². The van der Waals surface area contributed by atoms with E-state index in [1.165, 1.54) is 17.2 Å². The zero-order valence-electron chi connectivity index (χ0n) is 16.2. The summed E-state index contributed by atoms with van der Waals surface area (Å²) in [5.41, 5.74) is 1.95. The molecule has 0 aromatic carbocycles. The summed E-state index contributed by atoms with van der Waals surface area (Å²) >= 11 is 0. The van der Waals surface area contributed by atoms with Gasteiger partial charge in [-0.1, -0.05) is 11.6 Å². The van der Waals surface area contributed by atoms with Crippen LogP contribution in [0.15, 0.2) is 24.3 Å². The number of aliphatic hydroxyl groups is 2. The maximum atomic E-state index is 10.9. The molecule has 3 heterocycles. The maximum Gasteiger partial charge on any atom is 0.469 e. The van der Waals surface area contributed by atoms with Crippen LogP contribution in [0.5, 0.6) is 0 Å². The van der Waals surface area contributed by atoms with Crippen molar-refractivity contribution < 1.29 is 33.8 Å². The van der Waals surface area contributed by atoms with Crippen LogP contribution in [0.3, 0.4) is 0 Å². The number of imidazole rings is 1. The number of fused-ring (bicyclic) bond motifs is 1. The van der Waals surface area contributed by atoms with Gasteiger partial charge in [-0.05, 0) is 13.8 Å². The third-order valence-electron chi connectivity index (χ3n) is 4.16. The fraction of sp³-hybridized carbons (Fsp3) is 0.533. The minimum Gasteiger partial charge on any atom is -0.387 e. The fourth-order valence-corrected chi connectivity index (χ4v) is 3.13. The molecule has 2 aromatic rings. The Kier molecular flexibility index (Phi) is 8.33. The second-order valence-electron chi connectivity index (χ2n) is 6.54. The molecule has 14 heteroatoms. The van der Waals surface area contributed by atoms with Crippen LogP contribution < -0.4 is 5.32 Å². The molecule has 4 atom stereocenters. The van der Waals surface area contributed by atoms with E-state index in [0.29, 0.717) is 23.5 Å². The molecule has 29 heavy (non-hydrogen) atoms. The van der Waals surface area contributed by atoms with Gasteiger partial charge in [0.25, 0.3) is 0 Å². The second kappa shape index (κ2) is 9.92. The molecule has 1 aliphatic heterocycles. The molecule has 155 valence electrons. The second-order valence-corrected chi connectivity index (χ2v) is 7.78. The van der Waals surface area contributed by atoms with Crippen molar-refractivity contribution in [1.29, 1.82) is 0 Å². The van der Waals surface area contributed by atoms with Crippen molar-refractivity contribution in [2.45, 2.75) is 38.4 Å². The number of ether oxygens (including phenoxy) is 1. The predicted octanol–water partition coefficient (Wildman–Crippen LogP) is -0.448. The topological polar surface area (TPSA) is 172 Å². The Morgan fingerprint density at radius 2 is 2.03 bits per heavy atom. The maximum absolute atomic E-state index is 10.9. The average Bonchev–Trinajstić information content (AvgIpc) is 3.15. The number of phosphoric ester groups is 1. The Hall–Kier alpha value is -0.920. The summed E-state index contributed by atoms with van der Waals surface area (Å²) in [7, 11) is -4.73. The third kappa shape index (κ3) is 5.82. The molecule has 1 fully saturated rings. The van der Waals surface area contributed by atoms with E-state index in [1.807, 2.05) is 19.9 Å². The summed E-state index contributed by atoms with van der Waals surface area (Å²) in [6, 6.07) is 0. The molecule has 5 N–H and O–H groups in total. The van der Waals surface area contributed by atoms with Crippen LogP contribution in [-0.4, -0.2) is 101 Å². The fourth-order valence-electron chi connectivity index (χ4n) is 2.79. The molecular weight excluding hydrogens is 416 g/mol. The van der Waals surface area contributed by atoms with Gasteiger partial charge in [0, 0.05) is 36.1 Å². The van der Waals surface area contributed by atoms with E-state index in [-0.39, 0.29) is 29.6 Å². The minimum atomic E-state index is -4.73. The number of hydrogen-bond donors (Lipinski definition) is 5. The van der Waals surface area contributed by atoms with Crippen molar-refractivity contribution >= 4 is 54.4 Å². The number of nitrogens with zero attached hydrogens (tertiary/aromatic N) is 4. The van der Waals surface area contributed by atoms with E-state index in [9.17, 15) is 14.8 Å². The summed E-state index contributed by atoms with van der Waals surface area (Å²) in [5.74, 6) is 0.496. The first-order valence-corrected chi connectivity index (χ1v) is 9.97. The molecule has 0 saturated carbocycles. The normalized spacial score (nSPS) is 24.3. The van der Waals surface area contributed by atoms with E-state index < -0.39 is 39.0 Å². The molecular formula is C15H22N5NaO7P. The third-order valence-corrected chi connectivity index (χ3v) is 4.64. The van der Waals surface area contributed by atoms with Crippen molar-refractivity contribution in [3.63, 3.8) is 0 Å². The van der Waals surface area contributed by atoms with Gasteiger partial charge in [-0.3, -0.25) is 9.09 Å². The van der Waals surface area contributed by atoms with Gasteiger partial charge in [-0.2, -0.15) is 0 Å². The van der Waals surface area contributed by atoms with Crippen molar-refractivity contribution in [1.82, 2.24) is 19.5 Å². The van der Waals surface area contributed by atoms with E-state index in [4.69, 9.17) is 14.5 Å². The molecule has 0 spiro atoms. The molecule has 3 rings (SSSR count). The number of rotatable bonds is 7. The van der Waals surface area contributed by atoms with Crippen molar-refractivity contribution in [2.75, 3.05) is 18.5 Å². The Bertz CT molecular complexity index is 916. The average molecular weight is 438 g/mol. The number of anilines is 1. The van der Waals surface area contributed by atoms with Crippen LogP contribution in [0.25, 0.3) is 11.2 Å². The predicted molar refractivity (Wildman–Crippen MR) is 103 cm³/mol. The monoisotopic (exact) mass is 438 g/mol. The van der Waals surface area contributed by atoms with Gasteiger partial charge in [0.1, 0.15) is 24.6 Å². The molecule has 1 aliphatic rings. The SMILES string of the molecule is CC(C)=CCNc1ncnc2c1ncn2[C@@H]1O[C@H](COP(=O)(O)O)[C@@H](O)[C@H]1O.[Na]. The molecule has 1 saturated heterocycles. The summed E-state index contributed by atoms with van der Waals surface area (Å²) < 4.78 is 22.2. The molecule has 2 aromatic heterocycles. The summed E-state index contributed by atoms with van der Waals surface area (Å²) in [4.78, 5) is 30.2. The van der Waals surface area contributed by atoms with Crippen LogP contribution in [0.4, 0.5) is 5.82 Å². The minimum absolute atomic E-state index is 0. The Morgan fingerprint density at radius 1 is 1.31 bits per heavy atom. The van der Waals surface area contributed by atoms with E-state index in [2.05, 4.69) is 24.8 Å². The number of aromatic nitrogens is 4. The number of nitrogens with one attached hydrogen (secondary N) is 1. The van der Waals surface area contributed by atoms with Crippen LogP contribution in [0.2, 0.25) is 0 Å².